The second kappa shape index (κ2) is 5.99. The molecule has 15 heavy (non-hydrogen) atoms. The molecule has 0 saturated carbocycles. The van der Waals surface area contributed by atoms with Crippen LogP contribution < -0.4 is 10.1 Å². The SMILES string of the molecule is CNCCCc1cc(Cl)c(OC)cc1C. The van der Waals surface area contributed by atoms with Crippen LogP contribution in [0.1, 0.15) is 17.5 Å². The van der Waals surface area contributed by atoms with E-state index in [1.54, 1.807) is 7.11 Å². The van der Waals surface area contributed by atoms with Crippen LogP contribution in [0, 0.1) is 6.92 Å². The van der Waals surface area contributed by atoms with E-state index in [-0.39, 0.29) is 0 Å². The molecule has 0 aliphatic rings. The third kappa shape index (κ3) is 3.40. The molecule has 0 saturated heterocycles. The van der Waals surface area contributed by atoms with Crippen molar-refractivity contribution in [1.82, 2.24) is 5.32 Å². The van der Waals surface area contributed by atoms with Crippen LogP contribution in [0.5, 0.6) is 5.75 Å². The van der Waals surface area contributed by atoms with Gasteiger partial charge in [-0.2, -0.15) is 0 Å². The zero-order chi connectivity index (χ0) is 11.3. The minimum atomic E-state index is 0.697. The number of nitrogens with one attached hydrogen (secondary N) is 1. The molecule has 0 unspecified atom stereocenters. The van der Waals surface area contributed by atoms with Crippen molar-refractivity contribution in [2.75, 3.05) is 20.7 Å². The van der Waals surface area contributed by atoms with E-state index in [0.717, 1.165) is 25.1 Å². The fourth-order valence-electron chi connectivity index (χ4n) is 1.58. The van der Waals surface area contributed by atoms with Gasteiger partial charge in [0.2, 0.25) is 0 Å². The first-order valence-corrected chi connectivity index (χ1v) is 5.54. The van der Waals surface area contributed by atoms with Crippen LogP contribution in [-0.2, 0) is 6.42 Å². The molecule has 3 heteroatoms. The maximum Gasteiger partial charge on any atom is 0.137 e. The average molecular weight is 228 g/mol. The van der Waals surface area contributed by atoms with E-state index in [0.29, 0.717) is 5.02 Å². The van der Waals surface area contributed by atoms with Gasteiger partial charge in [0.05, 0.1) is 12.1 Å². The van der Waals surface area contributed by atoms with Crippen LogP contribution in [0.15, 0.2) is 12.1 Å². The smallest absolute Gasteiger partial charge is 0.137 e. The zero-order valence-corrected chi connectivity index (χ0v) is 10.3. The predicted octanol–water partition coefficient (Wildman–Crippen LogP) is 2.81. The lowest BCUT2D eigenvalue weighted by Gasteiger charge is -2.10. The van der Waals surface area contributed by atoms with E-state index in [1.807, 2.05) is 19.2 Å². The Labute approximate surface area is 96.6 Å². The minimum absolute atomic E-state index is 0.697. The fourth-order valence-corrected chi connectivity index (χ4v) is 1.84. The second-order valence-corrected chi connectivity index (χ2v) is 4.03. The van der Waals surface area contributed by atoms with Crippen LogP contribution in [0.4, 0.5) is 0 Å². The van der Waals surface area contributed by atoms with E-state index in [9.17, 15) is 0 Å². The number of hydrogen-bond acceptors (Lipinski definition) is 2. The van der Waals surface area contributed by atoms with Crippen molar-refractivity contribution in [3.05, 3.63) is 28.3 Å². The number of aryl methyl sites for hydroxylation is 2. The van der Waals surface area contributed by atoms with Crippen LogP contribution in [0.3, 0.4) is 0 Å². The number of methoxy groups -OCH3 is 1. The van der Waals surface area contributed by atoms with E-state index < -0.39 is 0 Å². The molecule has 0 radical (unpaired) electrons. The molecule has 0 spiro atoms. The van der Waals surface area contributed by atoms with E-state index in [1.165, 1.54) is 11.1 Å². The van der Waals surface area contributed by atoms with Gasteiger partial charge in [0.1, 0.15) is 5.75 Å². The summed E-state index contributed by atoms with van der Waals surface area (Å²) in [6.07, 6.45) is 2.18. The highest BCUT2D eigenvalue weighted by molar-refractivity contribution is 6.32. The summed E-state index contributed by atoms with van der Waals surface area (Å²) in [7, 11) is 3.61. The molecule has 0 atom stereocenters. The minimum Gasteiger partial charge on any atom is -0.495 e. The Kier molecular flexibility index (Phi) is 4.92. The van der Waals surface area contributed by atoms with Crippen LogP contribution in [-0.4, -0.2) is 20.7 Å². The Balaban J connectivity index is 2.76. The first-order chi connectivity index (χ1) is 7.19. The van der Waals surface area contributed by atoms with Crippen molar-refractivity contribution in [2.24, 2.45) is 0 Å². The lowest BCUT2D eigenvalue weighted by molar-refractivity contribution is 0.414. The second-order valence-electron chi connectivity index (χ2n) is 3.62. The Morgan fingerprint density at radius 3 is 2.73 bits per heavy atom. The summed E-state index contributed by atoms with van der Waals surface area (Å²) in [5.41, 5.74) is 2.54. The van der Waals surface area contributed by atoms with E-state index >= 15 is 0 Å². The molecule has 1 aromatic rings. The summed E-state index contributed by atoms with van der Waals surface area (Å²) in [5.74, 6) is 0.756. The third-order valence-corrected chi connectivity index (χ3v) is 2.78. The molecule has 1 aromatic carbocycles. The van der Waals surface area contributed by atoms with Crippen molar-refractivity contribution in [2.45, 2.75) is 19.8 Å². The average Bonchev–Trinajstić information content (AvgIpc) is 2.23. The molecule has 0 aliphatic carbocycles. The highest BCUT2D eigenvalue weighted by Gasteiger charge is 2.05. The summed E-state index contributed by atoms with van der Waals surface area (Å²) in [4.78, 5) is 0. The van der Waals surface area contributed by atoms with Crippen LogP contribution in [0.2, 0.25) is 5.02 Å². The topological polar surface area (TPSA) is 21.3 Å². The van der Waals surface area contributed by atoms with Crippen LogP contribution in [0.25, 0.3) is 0 Å². The highest BCUT2D eigenvalue weighted by Crippen LogP contribution is 2.28. The normalized spacial score (nSPS) is 10.4. The van der Waals surface area contributed by atoms with E-state index in [2.05, 4.69) is 12.2 Å². The van der Waals surface area contributed by atoms with Crippen molar-refractivity contribution in [3.63, 3.8) is 0 Å². The quantitative estimate of drug-likeness (QED) is 0.782. The maximum absolute atomic E-state index is 6.07. The number of ether oxygens (including phenoxy) is 1. The van der Waals surface area contributed by atoms with Crippen molar-refractivity contribution in [3.8, 4) is 5.75 Å². The number of halogens is 1. The van der Waals surface area contributed by atoms with Gasteiger partial charge in [-0.05, 0) is 56.6 Å². The molecule has 1 rings (SSSR count). The first-order valence-electron chi connectivity index (χ1n) is 5.16. The van der Waals surface area contributed by atoms with Crippen molar-refractivity contribution < 1.29 is 4.74 Å². The van der Waals surface area contributed by atoms with Gasteiger partial charge in [-0.3, -0.25) is 0 Å². The van der Waals surface area contributed by atoms with Crippen LogP contribution >= 0.6 is 11.6 Å². The zero-order valence-electron chi connectivity index (χ0n) is 9.56. The lowest BCUT2D eigenvalue weighted by Crippen LogP contribution is -2.08. The Bertz CT molecular complexity index is 326. The van der Waals surface area contributed by atoms with Crippen molar-refractivity contribution in [1.29, 1.82) is 0 Å². The fraction of sp³-hybridized carbons (Fsp3) is 0.500. The molecule has 0 bridgehead atoms. The van der Waals surface area contributed by atoms with E-state index in [4.69, 9.17) is 16.3 Å². The Morgan fingerprint density at radius 2 is 2.13 bits per heavy atom. The van der Waals surface area contributed by atoms with Gasteiger partial charge >= 0.3 is 0 Å². The number of benzene rings is 1. The Morgan fingerprint density at radius 1 is 1.40 bits per heavy atom. The molecule has 2 nitrogen and oxygen atoms in total. The monoisotopic (exact) mass is 227 g/mol. The standard InChI is InChI=1S/C12H18ClNO/c1-9-7-12(15-3)11(13)8-10(9)5-4-6-14-2/h7-8,14H,4-6H2,1-3H3. The van der Waals surface area contributed by atoms with Gasteiger partial charge in [-0.15, -0.1) is 0 Å². The van der Waals surface area contributed by atoms with Gasteiger partial charge in [-0.25, -0.2) is 0 Å². The first kappa shape index (κ1) is 12.3. The molecular formula is C12H18ClNO. The molecular weight excluding hydrogens is 210 g/mol. The molecule has 84 valence electrons. The molecule has 0 heterocycles. The van der Waals surface area contributed by atoms with Gasteiger partial charge < -0.3 is 10.1 Å². The number of rotatable bonds is 5. The largest absolute Gasteiger partial charge is 0.495 e. The number of hydrogen-bond donors (Lipinski definition) is 1. The maximum atomic E-state index is 6.07. The molecule has 0 amide bonds. The van der Waals surface area contributed by atoms with Gasteiger partial charge in [0.25, 0.3) is 0 Å². The summed E-state index contributed by atoms with van der Waals surface area (Å²) >= 11 is 6.07. The molecule has 0 aliphatic heterocycles. The molecule has 0 aromatic heterocycles. The summed E-state index contributed by atoms with van der Waals surface area (Å²) in [5, 5.41) is 3.83. The van der Waals surface area contributed by atoms with Gasteiger partial charge in [0, 0.05) is 0 Å². The predicted molar refractivity (Wildman–Crippen MR) is 65.0 cm³/mol. The summed E-state index contributed by atoms with van der Waals surface area (Å²) in [6.45, 7) is 3.12. The highest BCUT2D eigenvalue weighted by atomic mass is 35.5. The summed E-state index contributed by atoms with van der Waals surface area (Å²) < 4.78 is 5.16. The molecule has 0 fully saturated rings. The molecule has 1 N–H and O–H groups in total. The third-order valence-electron chi connectivity index (χ3n) is 2.48. The lowest BCUT2D eigenvalue weighted by atomic mass is 10.0. The van der Waals surface area contributed by atoms with Crippen molar-refractivity contribution >= 4 is 11.6 Å². The van der Waals surface area contributed by atoms with Gasteiger partial charge in [0.15, 0.2) is 0 Å². The summed E-state index contributed by atoms with van der Waals surface area (Å²) in [6, 6.07) is 4.00. The van der Waals surface area contributed by atoms with Gasteiger partial charge in [-0.1, -0.05) is 11.6 Å². The Hall–Kier alpha value is -0.730.